The molecule has 1 fully saturated rings. The van der Waals surface area contributed by atoms with Crippen molar-refractivity contribution >= 4 is 5.82 Å². The van der Waals surface area contributed by atoms with Crippen LogP contribution in [0.2, 0.25) is 0 Å². The topological polar surface area (TPSA) is 58.9 Å². The Balaban J connectivity index is 1.81. The number of hydrogen-bond donors (Lipinski definition) is 1. The highest BCUT2D eigenvalue weighted by atomic mass is 15.3. The van der Waals surface area contributed by atoms with Crippen LogP contribution in [-0.4, -0.2) is 38.2 Å². The lowest BCUT2D eigenvalue weighted by Crippen LogP contribution is -2.23. The van der Waals surface area contributed by atoms with Crippen molar-refractivity contribution in [2.24, 2.45) is 7.05 Å². The Bertz CT molecular complexity index is 620. The molecular formula is C15H22N6. The highest BCUT2D eigenvalue weighted by Crippen LogP contribution is 2.32. The number of nitrogens with zero attached hydrogens (tertiary/aromatic N) is 5. The number of hydrogen-bond acceptors (Lipinski definition) is 5. The molecule has 2 aromatic heterocycles. The van der Waals surface area contributed by atoms with E-state index in [0.717, 1.165) is 36.8 Å². The van der Waals surface area contributed by atoms with E-state index in [9.17, 15) is 0 Å². The molecule has 0 saturated carbocycles. The minimum Gasteiger partial charge on any atom is -0.373 e. The van der Waals surface area contributed by atoms with Gasteiger partial charge in [0.2, 0.25) is 0 Å². The summed E-state index contributed by atoms with van der Waals surface area (Å²) in [5.74, 6) is 1.72. The maximum atomic E-state index is 4.65. The number of rotatable bonds is 4. The van der Waals surface area contributed by atoms with Gasteiger partial charge in [-0.2, -0.15) is 5.10 Å². The average Bonchev–Trinajstić information content (AvgIpc) is 3.08. The van der Waals surface area contributed by atoms with Crippen LogP contribution >= 0.6 is 0 Å². The van der Waals surface area contributed by atoms with Gasteiger partial charge in [-0.15, -0.1) is 0 Å². The molecule has 6 heteroatoms. The third-order valence-electron chi connectivity index (χ3n) is 3.96. The molecule has 0 aromatic carbocycles. The summed E-state index contributed by atoms with van der Waals surface area (Å²) in [7, 11) is 3.85. The molecule has 1 aliphatic heterocycles. The molecule has 21 heavy (non-hydrogen) atoms. The summed E-state index contributed by atoms with van der Waals surface area (Å²) < 4.78 is 1.86. The van der Waals surface area contributed by atoms with Gasteiger partial charge in [0, 0.05) is 38.5 Å². The van der Waals surface area contributed by atoms with Gasteiger partial charge >= 0.3 is 0 Å². The Hall–Kier alpha value is -1.95. The highest BCUT2D eigenvalue weighted by molar-refractivity contribution is 5.36. The number of likely N-dealkylation sites (tertiary alicyclic amines) is 1. The van der Waals surface area contributed by atoms with Crippen molar-refractivity contribution < 1.29 is 0 Å². The van der Waals surface area contributed by atoms with E-state index in [4.69, 9.17) is 0 Å². The fourth-order valence-electron chi connectivity index (χ4n) is 3.03. The van der Waals surface area contributed by atoms with Crippen LogP contribution in [0.3, 0.4) is 0 Å². The van der Waals surface area contributed by atoms with Crippen LogP contribution in [0.1, 0.15) is 36.0 Å². The molecule has 0 bridgehead atoms. The van der Waals surface area contributed by atoms with E-state index in [2.05, 4.69) is 37.5 Å². The molecule has 1 atom stereocenters. The second kappa shape index (κ2) is 5.81. The first-order valence-corrected chi connectivity index (χ1v) is 7.40. The minimum atomic E-state index is 0.374. The van der Waals surface area contributed by atoms with Crippen LogP contribution < -0.4 is 5.32 Å². The molecule has 0 unspecified atom stereocenters. The van der Waals surface area contributed by atoms with Crippen molar-refractivity contribution in [1.82, 2.24) is 24.6 Å². The maximum Gasteiger partial charge on any atom is 0.129 e. The smallest absolute Gasteiger partial charge is 0.129 e. The standard InChI is InChI=1S/C15H22N6/c1-11-18-13(7-15(16-2)19-11)14-5-4-6-21(14)10-12-8-17-20(3)9-12/h7-9,14H,4-6,10H2,1-3H3,(H,16,18,19)/t14-/m1/s1. The normalized spacial score (nSPS) is 19.1. The predicted molar refractivity (Wildman–Crippen MR) is 81.9 cm³/mol. The van der Waals surface area contributed by atoms with Crippen molar-refractivity contribution in [2.45, 2.75) is 32.4 Å². The van der Waals surface area contributed by atoms with Gasteiger partial charge in [-0.05, 0) is 26.3 Å². The quantitative estimate of drug-likeness (QED) is 0.930. The number of aryl methyl sites for hydroxylation is 2. The van der Waals surface area contributed by atoms with Crippen LogP contribution in [0.15, 0.2) is 18.5 Å². The Morgan fingerprint density at radius 2 is 2.24 bits per heavy atom. The van der Waals surface area contributed by atoms with Gasteiger partial charge < -0.3 is 5.32 Å². The summed E-state index contributed by atoms with van der Waals surface area (Å²) in [4.78, 5) is 11.5. The Labute approximate surface area is 125 Å². The summed E-state index contributed by atoms with van der Waals surface area (Å²) in [6.07, 6.45) is 6.39. The third-order valence-corrected chi connectivity index (χ3v) is 3.96. The van der Waals surface area contributed by atoms with Gasteiger partial charge in [0.15, 0.2) is 0 Å². The molecule has 0 radical (unpaired) electrons. The molecule has 6 nitrogen and oxygen atoms in total. The Morgan fingerprint density at radius 1 is 1.38 bits per heavy atom. The number of aromatic nitrogens is 4. The first kappa shape index (κ1) is 14.0. The molecular weight excluding hydrogens is 264 g/mol. The first-order valence-electron chi connectivity index (χ1n) is 7.40. The lowest BCUT2D eigenvalue weighted by atomic mass is 10.1. The number of nitrogens with one attached hydrogen (secondary N) is 1. The average molecular weight is 286 g/mol. The lowest BCUT2D eigenvalue weighted by molar-refractivity contribution is 0.244. The maximum absolute atomic E-state index is 4.65. The molecule has 1 N–H and O–H groups in total. The zero-order chi connectivity index (χ0) is 14.8. The molecule has 3 rings (SSSR count). The molecule has 2 aromatic rings. The van der Waals surface area contributed by atoms with Crippen molar-refractivity contribution in [3.63, 3.8) is 0 Å². The monoisotopic (exact) mass is 286 g/mol. The van der Waals surface area contributed by atoms with Crippen molar-refractivity contribution in [3.05, 3.63) is 35.5 Å². The van der Waals surface area contributed by atoms with Gasteiger partial charge in [0.25, 0.3) is 0 Å². The SMILES string of the molecule is CNc1cc([C@H]2CCCN2Cc2cnn(C)c2)nc(C)n1. The second-order valence-corrected chi connectivity index (χ2v) is 5.63. The van der Waals surface area contributed by atoms with Crippen LogP contribution in [0, 0.1) is 6.92 Å². The molecule has 0 aliphatic carbocycles. The van der Waals surface area contributed by atoms with Gasteiger partial charge in [0.1, 0.15) is 11.6 Å². The number of anilines is 1. The highest BCUT2D eigenvalue weighted by Gasteiger charge is 2.27. The van der Waals surface area contributed by atoms with E-state index in [1.54, 1.807) is 0 Å². The van der Waals surface area contributed by atoms with Crippen molar-refractivity contribution in [1.29, 1.82) is 0 Å². The Morgan fingerprint density at radius 3 is 2.95 bits per heavy atom. The van der Waals surface area contributed by atoms with Crippen LogP contribution in [-0.2, 0) is 13.6 Å². The summed E-state index contributed by atoms with van der Waals surface area (Å²) in [5.41, 5.74) is 2.37. The van der Waals surface area contributed by atoms with Crippen LogP contribution in [0.5, 0.6) is 0 Å². The van der Waals surface area contributed by atoms with E-state index >= 15 is 0 Å². The zero-order valence-electron chi connectivity index (χ0n) is 12.9. The van der Waals surface area contributed by atoms with Crippen molar-refractivity contribution in [2.75, 3.05) is 18.9 Å². The Kier molecular flexibility index (Phi) is 3.88. The fourth-order valence-corrected chi connectivity index (χ4v) is 3.03. The van der Waals surface area contributed by atoms with E-state index in [-0.39, 0.29) is 0 Å². The fraction of sp³-hybridized carbons (Fsp3) is 0.533. The van der Waals surface area contributed by atoms with Gasteiger partial charge in [-0.25, -0.2) is 9.97 Å². The predicted octanol–water partition coefficient (Wildman–Crippen LogP) is 1.90. The molecule has 0 spiro atoms. The van der Waals surface area contributed by atoms with E-state index < -0.39 is 0 Å². The van der Waals surface area contributed by atoms with Crippen LogP contribution in [0.4, 0.5) is 5.82 Å². The van der Waals surface area contributed by atoms with Gasteiger partial charge in [-0.3, -0.25) is 9.58 Å². The van der Waals surface area contributed by atoms with Gasteiger partial charge in [-0.1, -0.05) is 0 Å². The summed E-state index contributed by atoms with van der Waals surface area (Å²) >= 11 is 0. The molecule has 3 heterocycles. The molecule has 0 amide bonds. The summed E-state index contributed by atoms with van der Waals surface area (Å²) in [6, 6.07) is 2.44. The molecule has 1 aliphatic rings. The molecule has 112 valence electrons. The third kappa shape index (κ3) is 3.05. The largest absolute Gasteiger partial charge is 0.373 e. The summed E-state index contributed by atoms with van der Waals surface area (Å²) in [5, 5.41) is 7.37. The zero-order valence-corrected chi connectivity index (χ0v) is 12.9. The van der Waals surface area contributed by atoms with Crippen molar-refractivity contribution in [3.8, 4) is 0 Å². The second-order valence-electron chi connectivity index (χ2n) is 5.63. The molecule has 1 saturated heterocycles. The van der Waals surface area contributed by atoms with E-state index in [1.807, 2.05) is 31.9 Å². The minimum absolute atomic E-state index is 0.374. The van der Waals surface area contributed by atoms with Gasteiger partial charge in [0.05, 0.1) is 17.9 Å². The van der Waals surface area contributed by atoms with E-state index in [1.165, 1.54) is 12.0 Å². The summed E-state index contributed by atoms with van der Waals surface area (Å²) in [6.45, 7) is 3.98. The first-order chi connectivity index (χ1) is 10.2. The van der Waals surface area contributed by atoms with E-state index in [0.29, 0.717) is 6.04 Å². The van der Waals surface area contributed by atoms with Crippen LogP contribution in [0.25, 0.3) is 0 Å². The lowest BCUT2D eigenvalue weighted by Gasteiger charge is -2.24.